The number of halogens is 4. The third kappa shape index (κ3) is 10.4. The van der Waals surface area contributed by atoms with Crippen LogP contribution >= 0.6 is 24.0 Å². The summed E-state index contributed by atoms with van der Waals surface area (Å²) in [4.78, 5) is 17.6. The Morgan fingerprint density at radius 2 is 1.68 bits per heavy atom. The number of hydrogen-bond acceptors (Lipinski definition) is 3. The van der Waals surface area contributed by atoms with E-state index in [0.717, 1.165) is 12.0 Å². The molecule has 0 saturated heterocycles. The van der Waals surface area contributed by atoms with Gasteiger partial charge in [0.25, 0.3) is 0 Å². The number of alkyl halides is 3. The van der Waals surface area contributed by atoms with Gasteiger partial charge in [-0.2, -0.15) is 0 Å². The standard InChI is InChI=1S/C21H25F3N4O2.HI/c1-28(2)19(29)15-27-20(25-13-12-16-8-4-3-5-9-16)26-14-17-10-6-7-11-18(17)30-21(22,23)24;/h3-11H,12-15H2,1-2H3,(H2,25,26,27);1H. The molecule has 1 amide bonds. The average molecular weight is 550 g/mol. The Bertz CT molecular complexity index is 846. The van der Waals surface area contributed by atoms with Gasteiger partial charge < -0.3 is 20.3 Å². The van der Waals surface area contributed by atoms with E-state index >= 15 is 0 Å². The molecule has 2 aromatic rings. The molecule has 0 aliphatic carbocycles. The topological polar surface area (TPSA) is 66.0 Å². The molecule has 31 heavy (non-hydrogen) atoms. The number of benzene rings is 2. The summed E-state index contributed by atoms with van der Waals surface area (Å²) < 4.78 is 41.9. The van der Waals surface area contributed by atoms with Crippen molar-refractivity contribution in [2.24, 2.45) is 4.99 Å². The van der Waals surface area contributed by atoms with E-state index in [9.17, 15) is 18.0 Å². The fourth-order valence-corrected chi connectivity index (χ4v) is 2.48. The molecule has 10 heteroatoms. The van der Waals surface area contributed by atoms with E-state index in [1.165, 1.54) is 23.1 Å². The Labute approximate surface area is 196 Å². The minimum atomic E-state index is -4.78. The minimum absolute atomic E-state index is 0. The first-order valence-corrected chi connectivity index (χ1v) is 9.34. The van der Waals surface area contributed by atoms with Crippen molar-refractivity contribution < 1.29 is 22.7 Å². The Morgan fingerprint density at radius 1 is 1.03 bits per heavy atom. The van der Waals surface area contributed by atoms with E-state index in [4.69, 9.17) is 0 Å². The second kappa shape index (κ2) is 13.0. The number of carbonyl (C=O) groups excluding carboxylic acids is 1. The van der Waals surface area contributed by atoms with Crippen molar-refractivity contribution in [1.82, 2.24) is 15.5 Å². The molecule has 6 nitrogen and oxygen atoms in total. The molecule has 2 N–H and O–H groups in total. The molecule has 0 aliphatic rings. The Balaban J connectivity index is 0.00000480. The Hall–Kier alpha value is -2.50. The van der Waals surface area contributed by atoms with E-state index < -0.39 is 6.36 Å². The Morgan fingerprint density at radius 3 is 2.32 bits per heavy atom. The van der Waals surface area contributed by atoms with Crippen molar-refractivity contribution in [1.29, 1.82) is 0 Å². The summed E-state index contributed by atoms with van der Waals surface area (Å²) in [6.45, 7) is 0.487. The number of rotatable bonds is 8. The minimum Gasteiger partial charge on any atom is -0.405 e. The lowest BCUT2D eigenvalue weighted by molar-refractivity contribution is -0.274. The zero-order valence-electron chi connectivity index (χ0n) is 17.3. The van der Waals surface area contributed by atoms with Gasteiger partial charge in [0.2, 0.25) is 5.91 Å². The summed E-state index contributed by atoms with van der Waals surface area (Å²) in [5, 5.41) is 6.02. The van der Waals surface area contributed by atoms with Crippen LogP contribution in [0.2, 0.25) is 0 Å². The zero-order valence-corrected chi connectivity index (χ0v) is 19.6. The summed E-state index contributed by atoms with van der Waals surface area (Å²) in [6.07, 6.45) is -4.07. The maximum atomic E-state index is 12.6. The van der Waals surface area contributed by atoms with Crippen LogP contribution in [-0.2, 0) is 17.8 Å². The van der Waals surface area contributed by atoms with Gasteiger partial charge in [0, 0.05) is 26.2 Å². The van der Waals surface area contributed by atoms with E-state index in [1.807, 2.05) is 30.3 Å². The first-order valence-electron chi connectivity index (χ1n) is 9.34. The molecule has 0 aliphatic heterocycles. The lowest BCUT2D eigenvalue weighted by Gasteiger charge is -2.16. The number of nitrogens with zero attached hydrogens (tertiary/aromatic N) is 2. The predicted molar refractivity (Wildman–Crippen MR) is 125 cm³/mol. The van der Waals surface area contributed by atoms with Gasteiger partial charge in [0.15, 0.2) is 5.96 Å². The van der Waals surface area contributed by atoms with Gasteiger partial charge in [-0.3, -0.25) is 4.79 Å². The summed E-state index contributed by atoms with van der Waals surface area (Å²) in [7, 11) is 3.27. The number of carbonyl (C=O) groups is 1. The molecular formula is C21H26F3IN4O2. The number of nitrogens with one attached hydrogen (secondary N) is 2. The summed E-state index contributed by atoms with van der Waals surface area (Å²) >= 11 is 0. The first kappa shape index (κ1) is 26.5. The summed E-state index contributed by atoms with van der Waals surface area (Å²) in [5.41, 5.74) is 1.40. The van der Waals surface area contributed by atoms with Gasteiger partial charge >= 0.3 is 6.36 Å². The van der Waals surface area contributed by atoms with Crippen LogP contribution in [0.5, 0.6) is 5.75 Å². The van der Waals surface area contributed by atoms with Crippen LogP contribution in [-0.4, -0.2) is 50.3 Å². The van der Waals surface area contributed by atoms with Crippen molar-refractivity contribution >= 4 is 35.8 Å². The van der Waals surface area contributed by atoms with Crippen molar-refractivity contribution in [2.45, 2.75) is 19.3 Å². The van der Waals surface area contributed by atoms with Gasteiger partial charge in [-0.15, -0.1) is 37.1 Å². The van der Waals surface area contributed by atoms with Crippen LogP contribution in [0.3, 0.4) is 0 Å². The van der Waals surface area contributed by atoms with E-state index in [1.54, 1.807) is 20.2 Å². The number of aliphatic imine (C=N–C) groups is 1. The lowest BCUT2D eigenvalue weighted by atomic mass is 10.1. The fourth-order valence-electron chi connectivity index (χ4n) is 2.48. The van der Waals surface area contributed by atoms with Gasteiger partial charge in [-0.05, 0) is 18.1 Å². The number of amides is 1. The highest BCUT2D eigenvalue weighted by atomic mass is 127. The van der Waals surface area contributed by atoms with Crippen LogP contribution in [0.4, 0.5) is 13.2 Å². The number of ether oxygens (including phenoxy) is 1. The average Bonchev–Trinajstić information content (AvgIpc) is 2.70. The van der Waals surface area contributed by atoms with Crippen LogP contribution in [0.15, 0.2) is 59.6 Å². The lowest BCUT2D eigenvalue weighted by Crippen LogP contribution is -2.43. The largest absolute Gasteiger partial charge is 0.573 e. The zero-order chi connectivity index (χ0) is 22.0. The summed E-state index contributed by atoms with van der Waals surface area (Å²) in [5.74, 6) is -0.141. The van der Waals surface area contributed by atoms with Gasteiger partial charge in [0.05, 0.1) is 13.1 Å². The third-order valence-electron chi connectivity index (χ3n) is 4.06. The van der Waals surface area contributed by atoms with Crippen molar-refractivity contribution in [3.63, 3.8) is 0 Å². The summed E-state index contributed by atoms with van der Waals surface area (Å²) in [6, 6.07) is 15.6. The van der Waals surface area contributed by atoms with E-state index in [0.29, 0.717) is 12.5 Å². The molecule has 0 aromatic heterocycles. The monoisotopic (exact) mass is 550 g/mol. The molecule has 0 spiro atoms. The highest BCUT2D eigenvalue weighted by Crippen LogP contribution is 2.26. The van der Waals surface area contributed by atoms with Crippen LogP contribution in [0.25, 0.3) is 0 Å². The predicted octanol–water partition coefficient (Wildman–Crippen LogP) is 3.57. The number of hydrogen-bond donors (Lipinski definition) is 2. The molecule has 0 atom stereocenters. The second-order valence-electron chi connectivity index (χ2n) is 6.62. The number of guanidine groups is 1. The molecule has 2 rings (SSSR count). The van der Waals surface area contributed by atoms with Crippen molar-refractivity contribution in [3.05, 3.63) is 65.7 Å². The maximum absolute atomic E-state index is 12.6. The van der Waals surface area contributed by atoms with E-state index in [-0.39, 0.29) is 54.3 Å². The molecule has 0 saturated carbocycles. The van der Waals surface area contributed by atoms with Gasteiger partial charge in [-0.1, -0.05) is 48.5 Å². The van der Waals surface area contributed by atoms with Crippen LogP contribution in [0.1, 0.15) is 11.1 Å². The molecule has 0 fully saturated rings. The molecular weight excluding hydrogens is 524 g/mol. The van der Waals surface area contributed by atoms with Gasteiger partial charge in [-0.25, -0.2) is 4.99 Å². The molecule has 0 radical (unpaired) electrons. The Kier molecular flexibility index (Phi) is 11.2. The van der Waals surface area contributed by atoms with E-state index in [2.05, 4.69) is 20.4 Å². The highest BCUT2D eigenvalue weighted by molar-refractivity contribution is 14.0. The van der Waals surface area contributed by atoms with Crippen molar-refractivity contribution in [2.75, 3.05) is 27.2 Å². The second-order valence-corrected chi connectivity index (χ2v) is 6.62. The van der Waals surface area contributed by atoms with Gasteiger partial charge in [0.1, 0.15) is 5.75 Å². The number of para-hydroxylation sites is 1. The number of likely N-dealkylation sites (N-methyl/N-ethyl adjacent to an activating group) is 1. The normalized spacial score (nSPS) is 11.3. The van der Waals surface area contributed by atoms with Crippen LogP contribution < -0.4 is 15.4 Å². The van der Waals surface area contributed by atoms with Crippen LogP contribution in [0, 0.1) is 0 Å². The van der Waals surface area contributed by atoms with Crippen molar-refractivity contribution in [3.8, 4) is 5.75 Å². The molecule has 0 unspecified atom stereocenters. The fraction of sp³-hybridized carbons (Fsp3) is 0.333. The smallest absolute Gasteiger partial charge is 0.405 e. The maximum Gasteiger partial charge on any atom is 0.573 e. The molecule has 2 aromatic carbocycles. The highest BCUT2D eigenvalue weighted by Gasteiger charge is 2.31. The molecule has 0 heterocycles. The first-order chi connectivity index (χ1) is 14.2. The molecule has 170 valence electrons. The quantitative estimate of drug-likeness (QED) is 0.300. The third-order valence-corrected chi connectivity index (χ3v) is 4.06. The SMILES string of the molecule is CN(C)C(=O)CNC(=NCc1ccccc1OC(F)(F)F)NCCc1ccccc1.I. The molecule has 0 bridgehead atoms.